The topological polar surface area (TPSA) is 79.2 Å². The van der Waals surface area contributed by atoms with E-state index in [-0.39, 0.29) is 23.2 Å². The van der Waals surface area contributed by atoms with Gasteiger partial charge < -0.3 is 19.7 Å². The van der Waals surface area contributed by atoms with E-state index in [1.165, 1.54) is 0 Å². The third-order valence-electron chi connectivity index (χ3n) is 8.04. The molecule has 0 amide bonds. The number of rotatable bonds is 16. The fourth-order valence-corrected chi connectivity index (χ4v) is 6.24. The lowest BCUT2D eigenvalue weighted by Crippen LogP contribution is -2.38. The number of aliphatic hydroxyl groups is 2. The fraction of sp³-hybridized carbons (Fsp3) is 0.767. The normalized spacial score (nSPS) is 25.3. The Hall–Kier alpha value is -1.18. The lowest BCUT2D eigenvalue weighted by atomic mass is 9.83. The number of ether oxygens (including phenoxy) is 2. The number of morpholine rings is 1. The van der Waals surface area contributed by atoms with E-state index < -0.39 is 12.2 Å². The van der Waals surface area contributed by atoms with Crippen LogP contribution in [0.1, 0.15) is 101 Å². The molecule has 1 aromatic carbocycles. The Labute approximate surface area is 228 Å². The molecule has 1 aromatic rings. The molecular formula is C30H48ClNO5. The number of carbonyl (C=O) groups is 1. The first-order valence-electron chi connectivity index (χ1n) is 14.5. The van der Waals surface area contributed by atoms with Crippen molar-refractivity contribution >= 4 is 17.6 Å². The second kappa shape index (κ2) is 16.7. The Kier molecular flexibility index (Phi) is 13.7. The number of benzene rings is 1. The van der Waals surface area contributed by atoms with Gasteiger partial charge in [0.25, 0.3) is 0 Å². The monoisotopic (exact) mass is 537 g/mol. The van der Waals surface area contributed by atoms with E-state index in [4.69, 9.17) is 21.1 Å². The van der Waals surface area contributed by atoms with Crippen LogP contribution in [-0.2, 0) is 14.3 Å². The molecule has 0 aromatic heterocycles. The van der Waals surface area contributed by atoms with Crippen molar-refractivity contribution in [3.63, 3.8) is 0 Å². The zero-order chi connectivity index (χ0) is 26.5. The van der Waals surface area contributed by atoms with Crippen molar-refractivity contribution < 1.29 is 24.5 Å². The molecule has 6 nitrogen and oxygen atoms in total. The molecule has 0 bridgehead atoms. The predicted octanol–water partition coefficient (Wildman–Crippen LogP) is 5.59. The Balaban J connectivity index is 1.34. The van der Waals surface area contributed by atoms with Gasteiger partial charge in [0.05, 0.1) is 25.4 Å². The maximum Gasteiger partial charge on any atom is 0.305 e. The molecule has 1 heterocycles. The van der Waals surface area contributed by atoms with Crippen LogP contribution in [0.25, 0.3) is 0 Å². The fourth-order valence-electron chi connectivity index (χ4n) is 5.78. The highest BCUT2D eigenvalue weighted by molar-refractivity contribution is 6.21. The summed E-state index contributed by atoms with van der Waals surface area (Å²) >= 11 is 6.69. The Bertz CT molecular complexity index is 770. The number of esters is 1. The minimum absolute atomic E-state index is 0.0271. The van der Waals surface area contributed by atoms with Gasteiger partial charge in [0.2, 0.25) is 0 Å². The molecule has 7 heteroatoms. The van der Waals surface area contributed by atoms with Crippen LogP contribution in [0.15, 0.2) is 24.3 Å². The van der Waals surface area contributed by atoms with Crippen LogP contribution in [0.3, 0.4) is 0 Å². The van der Waals surface area contributed by atoms with Crippen molar-refractivity contribution in [1.29, 1.82) is 0 Å². The second-order valence-electron chi connectivity index (χ2n) is 10.8. The first kappa shape index (κ1) is 30.4. The van der Waals surface area contributed by atoms with Gasteiger partial charge in [-0.25, -0.2) is 0 Å². The molecule has 5 atom stereocenters. The molecule has 2 fully saturated rings. The largest absolute Gasteiger partial charge is 0.464 e. The van der Waals surface area contributed by atoms with Crippen LogP contribution >= 0.6 is 11.6 Å². The highest BCUT2D eigenvalue weighted by Crippen LogP contribution is 2.45. The molecule has 0 unspecified atom stereocenters. The number of hydrogen-bond acceptors (Lipinski definition) is 6. The zero-order valence-electron chi connectivity index (χ0n) is 22.7. The SMILES string of the molecule is CCCCC[C@H](O)c1ccc([C@@H]2[C@@H](CCCCCCC(=O)OCCN3CCOCC3)[C@H](Cl)C[C@H]2O)cc1. The quantitative estimate of drug-likeness (QED) is 0.163. The van der Waals surface area contributed by atoms with Gasteiger partial charge >= 0.3 is 5.97 Å². The lowest BCUT2D eigenvalue weighted by Gasteiger charge is -2.26. The van der Waals surface area contributed by atoms with Gasteiger partial charge in [-0.3, -0.25) is 9.69 Å². The van der Waals surface area contributed by atoms with Crippen molar-refractivity contribution in [2.24, 2.45) is 5.92 Å². The summed E-state index contributed by atoms with van der Waals surface area (Å²) in [5, 5.41) is 21.2. The van der Waals surface area contributed by atoms with E-state index in [0.717, 1.165) is 102 Å². The first-order chi connectivity index (χ1) is 18.0. The van der Waals surface area contributed by atoms with E-state index in [9.17, 15) is 15.0 Å². The van der Waals surface area contributed by atoms with Crippen molar-refractivity contribution in [3.8, 4) is 0 Å². The van der Waals surface area contributed by atoms with Gasteiger partial charge in [0.15, 0.2) is 0 Å². The number of halogens is 1. The minimum atomic E-state index is -0.430. The molecule has 210 valence electrons. The maximum absolute atomic E-state index is 12.0. The first-order valence-corrected chi connectivity index (χ1v) is 15.0. The Morgan fingerprint density at radius 1 is 1.11 bits per heavy atom. The molecule has 0 radical (unpaired) electrons. The van der Waals surface area contributed by atoms with Crippen molar-refractivity contribution in [3.05, 3.63) is 35.4 Å². The van der Waals surface area contributed by atoms with Crippen LogP contribution in [0, 0.1) is 5.92 Å². The number of alkyl halides is 1. The molecule has 3 rings (SSSR count). The van der Waals surface area contributed by atoms with E-state index in [1.54, 1.807) is 0 Å². The Morgan fingerprint density at radius 3 is 2.57 bits per heavy atom. The van der Waals surface area contributed by atoms with Gasteiger partial charge in [0, 0.05) is 37.4 Å². The van der Waals surface area contributed by atoms with Crippen molar-refractivity contribution in [1.82, 2.24) is 4.90 Å². The summed E-state index contributed by atoms with van der Waals surface area (Å²) in [6.45, 7) is 6.75. The smallest absolute Gasteiger partial charge is 0.305 e. The highest BCUT2D eigenvalue weighted by Gasteiger charge is 2.41. The molecule has 1 aliphatic carbocycles. The van der Waals surface area contributed by atoms with Crippen LogP contribution in [0.2, 0.25) is 0 Å². The van der Waals surface area contributed by atoms with Gasteiger partial charge in [0.1, 0.15) is 6.61 Å². The standard InChI is InChI=1S/C30H48ClNO5/c1-2-3-6-10-27(33)23-12-14-24(15-13-23)30-25(26(31)22-28(30)34)9-7-4-5-8-11-29(35)37-21-18-32-16-19-36-20-17-32/h12-15,25-28,30,33-34H,2-11,16-22H2,1H3/t25-,26+,27-,28+,30+/m0/s1. The van der Waals surface area contributed by atoms with Crippen LogP contribution in [0.5, 0.6) is 0 Å². The zero-order valence-corrected chi connectivity index (χ0v) is 23.4. The molecule has 2 aliphatic rings. The molecule has 1 saturated heterocycles. The van der Waals surface area contributed by atoms with Gasteiger partial charge in [-0.15, -0.1) is 11.6 Å². The summed E-state index contributed by atoms with van der Waals surface area (Å²) in [5.74, 6) is 0.171. The molecule has 2 N–H and O–H groups in total. The third kappa shape index (κ3) is 10.1. The third-order valence-corrected chi connectivity index (χ3v) is 8.54. The summed E-state index contributed by atoms with van der Waals surface area (Å²) in [7, 11) is 0. The van der Waals surface area contributed by atoms with E-state index >= 15 is 0 Å². The molecule has 37 heavy (non-hydrogen) atoms. The van der Waals surface area contributed by atoms with Crippen LogP contribution < -0.4 is 0 Å². The van der Waals surface area contributed by atoms with E-state index in [1.807, 2.05) is 12.1 Å². The summed E-state index contributed by atoms with van der Waals surface area (Å²) in [5.41, 5.74) is 2.07. The summed E-state index contributed by atoms with van der Waals surface area (Å²) in [6, 6.07) is 8.16. The van der Waals surface area contributed by atoms with Gasteiger partial charge in [-0.1, -0.05) is 69.7 Å². The average molecular weight is 538 g/mol. The Morgan fingerprint density at radius 2 is 1.84 bits per heavy atom. The maximum atomic E-state index is 12.0. The van der Waals surface area contributed by atoms with Crippen LogP contribution in [0.4, 0.5) is 0 Å². The number of carbonyl (C=O) groups excluding carboxylic acids is 1. The summed E-state index contributed by atoms with van der Waals surface area (Å²) in [6.07, 6.45) is 9.26. The predicted molar refractivity (Wildman–Crippen MR) is 148 cm³/mol. The molecular weight excluding hydrogens is 490 g/mol. The van der Waals surface area contributed by atoms with Crippen LogP contribution in [-0.4, -0.2) is 72.0 Å². The minimum Gasteiger partial charge on any atom is -0.464 e. The number of nitrogens with zero attached hydrogens (tertiary/aromatic N) is 1. The highest BCUT2D eigenvalue weighted by atomic mass is 35.5. The lowest BCUT2D eigenvalue weighted by molar-refractivity contribution is -0.144. The van der Waals surface area contributed by atoms with E-state index in [0.29, 0.717) is 19.4 Å². The number of aliphatic hydroxyl groups excluding tert-OH is 2. The number of hydrogen-bond donors (Lipinski definition) is 2. The summed E-state index contributed by atoms with van der Waals surface area (Å²) < 4.78 is 10.7. The summed E-state index contributed by atoms with van der Waals surface area (Å²) in [4.78, 5) is 14.3. The van der Waals surface area contributed by atoms with E-state index in [2.05, 4.69) is 24.0 Å². The molecule has 0 spiro atoms. The van der Waals surface area contributed by atoms with Crippen molar-refractivity contribution in [2.75, 3.05) is 39.5 Å². The van der Waals surface area contributed by atoms with Gasteiger partial charge in [-0.2, -0.15) is 0 Å². The van der Waals surface area contributed by atoms with Gasteiger partial charge in [-0.05, 0) is 42.7 Å². The average Bonchev–Trinajstić information content (AvgIpc) is 3.19. The number of unbranched alkanes of at least 4 members (excludes halogenated alkanes) is 5. The van der Waals surface area contributed by atoms with Crippen molar-refractivity contribution in [2.45, 2.75) is 101 Å². The molecule has 1 saturated carbocycles. The molecule has 1 aliphatic heterocycles. The second-order valence-corrected chi connectivity index (χ2v) is 11.4.